The Balaban J connectivity index is 2.17. The average Bonchev–Trinajstić information content (AvgIpc) is 2.81. The monoisotopic (exact) mass is 292 g/mol. The second kappa shape index (κ2) is 7.50. The summed E-state index contributed by atoms with van der Waals surface area (Å²) in [5, 5.41) is 4.35. The van der Waals surface area contributed by atoms with Crippen LogP contribution in [0, 0.1) is 5.82 Å². The van der Waals surface area contributed by atoms with E-state index in [1.807, 2.05) is 12.1 Å². The molecule has 1 heterocycles. The summed E-state index contributed by atoms with van der Waals surface area (Å²) in [6, 6.07) is 6.94. The fourth-order valence-electron chi connectivity index (χ4n) is 2.13. The standard InChI is InChI=1S/C16H21FN2S/c1-3-7-14-15(11-18-4-2)20-16(19-14)10-12-8-5-6-9-13(12)17/h5-6,8-9,18H,3-4,7,10-11H2,1-2H3. The molecule has 1 N–H and O–H groups in total. The van der Waals surface area contributed by atoms with Gasteiger partial charge in [-0.1, -0.05) is 38.5 Å². The topological polar surface area (TPSA) is 24.9 Å². The van der Waals surface area contributed by atoms with Crippen LogP contribution in [0.15, 0.2) is 24.3 Å². The van der Waals surface area contributed by atoms with E-state index in [9.17, 15) is 4.39 Å². The summed E-state index contributed by atoms with van der Waals surface area (Å²) in [5.41, 5.74) is 1.89. The van der Waals surface area contributed by atoms with Gasteiger partial charge in [0.05, 0.1) is 10.7 Å². The molecular weight excluding hydrogens is 271 g/mol. The predicted octanol–water partition coefficient (Wildman–Crippen LogP) is 3.94. The summed E-state index contributed by atoms with van der Waals surface area (Å²) in [5.74, 6) is -0.145. The van der Waals surface area contributed by atoms with E-state index in [0.29, 0.717) is 6.42 Å². The third-order valence-corrected chi connectivity index (χ3v) is 4.24. The Kier molecular flexibility index (Phi) is 5.68. The first-order chi connectivity index (χ1) is 9.74. The van der Waals surface area contributed by atoms with Crippen LogP contribution in [0.25, 0.3) is 0 Å². The molecule has 4 heteroatoms. The van der Waals surface area contributed by atoms with Crippen molar-refractivity contribution in [2.75, 3.05) is 6.54 Å². The van der Waals surface area contributed by atoms with Gasteiger partial charge in [-0.05, 0) is 24.6 Å². The van der Waals surface area contributed by atoms with Crippen molar-refractivity contribution in [3.63, 3.8) is 0 Å². The van der Waals surface area contributed by atoms with Gasteiger partial charge in [0.1, 0.15) is 5.82 Å². The van der Waals surface area contributed by atoms with Gasteiger partial charge in [-0.3, -0.25) is 0 Å². The lowest BCUT2D eigenvalue weighted by atomic mass is 10.1. The molecule has 0 spiro atoms. The molecule has 0 aliphatic rings. The van der Waals surface area contributed by atoms with E-state index in [-0.39, 0.29) is 5.82 Å². The molecule has 1 aromatic heterocycles. The maximum Gasteiger partial charge on any atom is 0.126 e. The number of thiazole rings is 1. The van der Waals surface area contributed by atoms with Crippen LogP contribution < -0.4 is 5.32 Å². The third-order valence-electron chi connectivity index (χ3n) is 3.14. The molecule has 2 nitrogen and oxygen atoms in total. The van der Waals surface area contributed by atoms with Crippen molar-refractivity contribution in [3.8, 4) is 0 Å². The lowest BCUT2D eigenvalue weighted by molar-refractivity contribution is 0.613. The number of aryl methyl sites for hydroxylation is 1. The highest BCUT2D eigenvalue weighted by Crippen LogP contribution is 2.23. The summed E-state index contributed by atoms with van der Waals surface area (Å²) < 4.78 is 13.7. The Morgan fingerprint density at radius 3 is 2.75 bits per heavy atom. The van der Waals surface area contributed by atoms with Crippen molar-refractivity contribution in [1.82, 2.24) is 10.3 Å². The Labute approximate surface area is 124 Å². The number of rotatable bonds is 7. The minimum absolute atomic E-state index is 0.145. The van der Waals surface area contributed by atoms with E-state index in [4.69, 9.17) is 4.98 Å². The van der Waals surface area contributed by atoms with Crippen LogP contribution in [0.2, 0.25) is 0 Å². The summed E-state index contributed by atoms with van der Waals surface area (Å²) in [4.78, 5) is 5.99. The van der Waals surface area contributed by atoms with Gasteiger partial charge in [-0.2, -0.15) is 0 Å². The molecule has 0 radical (unpaired) electrons. The second-order valence-electron chi connectivity index (χ2n) is 4.78. The van der Waals surface area contributed by atoms with Crippen molar-refractivity contribution in [2.45, 2.75) is 39.7 Å². The van der Waals surface area contributed by atoms with E-state index < -0.39 is 0 Å². The molecule has 2 rings (SSSR count). The average molecular weight is 292 g/mol. The van der Waals surface area contributed by atoms with Crippen LogP contribution in [0.3, 0.4) is 0 Å². The van der Waals surface area contributed by atoms with E-state index in [1.165, 1.54) is 16.6 Å². The van der Waals surface area contributed by atoms with Gasteiger partial charge in [-0.15, -0.1) is 11.3 Å². The second-order valence-corrected chi connectivity index (χ2v) is 5.94. The molecule has 108 valence electrons. The molecule has 0 saturated carbocycles. The molecule has 0 saturated heterocycles. The Hall–Kier alpha value is -1.26. The molecule has 0 amide bonds. The summed E-state index contributed by atoms with van der Waals surface area (Å²) >= 11 is 1.70. The zero-order valence-electron chi connectivity index (χ0n) is 12.1. The van der Waals surface area contributed by atoms with Crippen LogP contribution in [0.1, 0.15) is 41.4 Å². The van der Waals surface area contributed by atoms with Gasteiger partial charge < -0.3 is 5.32 Å². The first kappa shape index (κ1) is 15.1. The van der Waals surface area contributed by atoms with Crippen LogP contribution in [-0.4, -0.2) is 11.5 Å². The van der Waals surface area contributed by atoms with E-state index in [0.717, 1.165) is 36.5 Å². The Bertz CT molecular complexity index is 551. The normalized spacial score (nSPS) is 10.9. The lowest BCUT2D eigenvalue weighted by Crippen LogP contribution is -2.11. The molecule has 0 unspecified atom stereocenters. The minimum atomic E-state index is -0.145. The molecule has 0 atom stereocenters. The fraction of sp³-hybridized carbons (Fsp3) is 0.438. The van der Waals surface area contributed by atoms with Crippen LogP contribution in [0.4, 0.5) is 4.39 Å². The highest BCUT2D eigenvalue weighted by atomic mass is 32.1. The zero-order valence-corrected chi connectivity index (χ0v) is 12.9. The fourth-order valence-corrected chi connectivity index (χ4v) is 3.23. The quantitative estimate of drug-likeness (QED) is 0.836. The van der Waals surface area contributed by atoms with Crippen molar-refractivity contribution >= 4 is 11.3 Å². The highest BCUT2D eigenvalue weighted by molar-refractivity contribution is 7.11. The molecule has 0 aliphatic heterocycles. The number of halogens is 1. The van der Waals surface area contributed by atoms with Gasteiger partial charge in [0.2, 0.25) is 0 Å². The molecule has 2 aromatic rings. The van der Waals surface area contributed by atoms with Crippen molar-refractivity contribution in [3.05, 3.63) is 51.2 Å². The largest absolute Gasteiger partial charge is 0.312 e. The first-order valence-corrected chi connectivity index (χ1v) is 7.97. The number of hydrogen-bond acceptors (Lipinski definition) is 3. The first-order valence-electron chi connectivity index (χ1n) is 7.16. The SMILES string of the molecule is CCCc1nc(Cc2ccccc2F)sc1CNCC. The van der Waals surface area contributed by atoms with Gasteiger partial charge in [0.25, 0.3) is 0 Å². The van der Waals surface area contributed by atoms with Crippen LogP contribution >= 0.6 is 11.3 Å². The number of benzene rings is 1. The van der Waals surface area contributed by atoms with Crippen molar-refractivity contribution < 1.29 is 4.39 Å². The van der Waals surface area contributed by atoms with Crippen LogP contribution in [-0.2, 0) is 19.4 Å². The number of nitrogens with one attached hydrogen (secondary N) is 1. The van der Waals surface area contributed by atoms with Crippen LogP contribution in [0.5, 0.6) is 0 Å². The van der Waals surface area contributed by atoms with Crippen molar-refractivity contribution in [1.29, 1.82) is 0 Å². The number of aromatic nitrogens is 1. The summed E-state index contributed by atoms with van der Waals surface area (Å²) in [7, 11) is 0. The highest BCUT2D eigenvalue weighted by Gasteiger charge is 2.12. The molecule has 0 bridgehead atoms. The van der Waals surface area contributed by atoms with Crippen molar-refractivity contribution in [2.24, 2.45) is 0 Å². The van der Waals surface area contributed by atoms with Gasteiger partial charge in [0.15, 0.2) is 0 Å². The van der Waals surface area contributed by atoms with Gasteiger partial charge in [-0.25, -0.2) is 9.37 Å². The van der Waals surface area contributed by atoms with E-state index in [1.54, 1.807) is 17.4 Å². The number of hydrogen-bond donors (Lipinski definition) is 1. The molecule has 1 aromatic carbocycles. The number of nitrogens with zero attached hydrogens (tertiary/aromatic N) is 1. The third kappa shape index (κ3) is 3.87. The lowest BCUT2D eigenvalue weighted by Gasteiger charge is -2.00. The summed E-state index contributed by atoms with van der Waals surface area (Å²) in [6.07, 6.45) is 2.66. The summed E-state index contributed by atoms with van der Waals surface area (Å²) in [6.45, 7) is 6.07. The Morgan fingerprint density at radius 2 is 2.05 bits per heavy atom. The molecule has 0 fully saturated rings. The molecular formula is C16H21FN2S. The van der Waals surface area contributed by atoms with Gasteiger partial charge >= 0.3 is 0 Å². The Morgan fingerprint density at radius 1 is 1.25 bits per heavy atom. The van der Waals surface area contributed by atoms with Gasteiger partial charge in [0, 0.05) is 17.8 Å². The molecule has 20 heavy (non-hydrogen) atoms. The van der Waals surface area contributed by atoms with E-state index >= 15 is 0 Å². The maximum absolute atomic E-state index is 13.7. The predicted molar refractivity (Wildman–Crippen MR) is 82.7 cm³/mol. The minimum Gasteiger partial charge on any atom is -0.312 e. The van der Waals surface area contributed by atoms with E-state index in [2.05, 4.69) is 19.2 Å². The zero-order chi connectivity index (χ0) is 14.4. The smallest absolute Gasteiger partial charge is 0.126 e. The molecule has 0 aliphatic carbocycles. The maximum atomic E-state index is 13.7.